The molecule has 0 bridgehead atoms. The van der Waals surface area contributed by atoms with Gasteiger partial charge in [0.2, 0.25) is 5.82 Å². The summed E-state index contributed by atoms with van der Waals surface area (Å²) in [6.45, 7) is 0. The standard InChI is InChI=1S/C10H5ClN2O2/c11-10-12-9(13-15-10)8-5-6-3-1-2-4-7(6)14-8/h1-5H. The van der Waals surface area contributed by atoms with E-state index in [4.69, 9.17) is 16.0 Å². The zero-order chi connectivity index (χ0) is 10.3. The number of fused-ring (bicyclic) bond motifs is 1. The molecule has 0 aliphatic rings. The second-order valence-electron chi connectivity index (χ2n) is 3.02. The van der Waals surface area contributed by atoms with Crippen LogP contribution in [0.25, 0.3) is 22.6 Å². The number of halogens is 1. The van der Waals surface area contributed by atoms with Crippen LogP contribution in [0.2, 0.25) is 5.35 Å². The molecule has 5 heteroatoms. The summed E-state index contributed by atoms with van der Waals surface area (Å²) in [6, 6.07) is 9.50. The van der Waals surface area contributed by atoms with E-state index in [-0.39, 0.29) is 5.35 Å². The van der Waals surface area contributed by atoms with Gasteiger partial charge in [0.15, 0.2) is 5.76 Å². The normalized spacial score (nSPS) is 11.0. The Balaban J connectivity index is 2.19. The third-order valence-electron chi connectivity index (χ3n) is 2.05. The molecule has 1 aromatic carbocycles. The molecule has 0 aliphatic heterocycles. The van der Waals surface area contributed by atoms with Crippen LogP contribution < -0.4 is 0 Å². The molecular weight excluding hydrogens is 216 g/mol. The number of aromatic nitrogens is 2. The fraction of sp³-hybridized carbons (Fsp3) is 0. The van der Waals surface area contributed by atoms with E-state index in [1.807, 2.05) is 30.3 Å². The van der Waals surface area contributed by atoms with E-state index >= 15 is 0 Å². The maximum atomic E-state index is 5.53. The van der Waals surface area contributed by atoms with Crippen molar-refractivity contribution in [2.45, 2.75) is 0 Å². The minimum absolute atomic E-state index is 0.00505. The molecule has 0 saturated carbocycles. The van der Waals surface area contributed by atoms with E-state index in [0.717, 1.165) is 11.0 Å². The van der Waals surface area contributed by atoms with Crippen molar-refractivity contribution in [2.24, 2.45) is 0 Å². The van der Waals surface area contributed by atoms with E-state index < -0.39 is 0 Å². The van der Waals surface area contributed by atoms with Gasteiger partial charge in [-0.2, -0.15) is 4.98 Å². The van der Waals surface area contributed by atoms with Crippen molar-refractivity contribution in [2.75, 3.05) is 0 Å². The van der Waals surface area contributed by atoms with Gasteiger partial charge in [-0.15, -0.1) is 0 Å². The summed E-state index contributed by atoms with van der Waals surface area (Å²) in [7, 11) is 0. The smallest absolute Gasteiger partial charge is 0.320 e. The van der Waals surface area contributed by atoms with Crippen molar-refractivity contribution in [1.29, 1.82) is 0 Å². The van der Waals surface area contributed by atoms with Crippen LogP contribution in [0, 0.1) is 0 Å². The third-order valence-corrected chi connectivity index (χ3v) is 2.20. The highest BCUT2D eigenvalue weighted by molar-refractivity contribution is 6.27. The second kappa shape index (κ2) is 3.10. The van der Waals surface area contributed by atoms with Gasteiger partial charge in [0.25, 0.3) is 0 Å². The Morgan fingerprint density at radius 3 is 2.80 bits per heavy atom. The lowest BCUT2D eigenvalue weighted by Crippen LogP contribution is -1.74. The van der Waals surface area contributed by atoms with Crippen molar-refractivity contribution >= 4 is 22.6 Å². The molecule has 0 N–H and O–H groups in total. The van der Waals surface area contributed by atoms with Crippen molar-refractivity contribution < 1.29 is 8.94 Å². The number of furan rings is 1. The molecule has 0 unspecified atom stereocenters. The molecule has 0 atom stereocenters. The van der Waals surface area contributed by atoms with Gasteiger partial charge in [0.05, 0.1) is 0 Å². The molecule has 2 heterocycles. The Morgan fingerprint density at radius 1 is 1.20 bits per heavy atom. The van der Waals surface area contributed by atoms with Crippen LogP contribution in [0.5, 0.6) is 0 Å². The van der Waals surface area contributed by atoms with Crippen molar-refractivity contribution in [3.8, 4) is 11.6 Å². The highest BCUT2D eigenvalue weighted by Gasteiger charge is 2.11. The Labute approximate surface area is 89.5 Å². The number of nitrogens with zero attached hydrogens (tertiary/aromatic N) is 2. The maximum Gasteiger partial charge on any atom is 0.320 e. The summed E-state index contributed by atoms with van der Waals surface area (Å²) in [5.74, 6) is 0.906. The van der Waals surface area contributed by atoms with Crippen LogP contribution >= 0.6 is 11.6 Å². The summed E-state index contributed by atoms with van der Waals surface area (Å²) < 4.78 is 10.2. The average molecular weight is 221 g/mol. The lowest BCUT2D eigenvalue weighted by atomic mass is 10.2. The predicted molar refractivity (Wildman–Crippen MR) is 54.5 cm³/mol. The minimum Gasteiger partial charge on any atom is -0.453 e. The molecular formula is C10H5ClN2O2. The largest absolute Gasteiger partial charge is 0.453 e. The summed E-state index contributed by atoms with van der Waals surface area (Å²) in [5.41, 5.74) is 0.786. The number of rotatable bonds is 1. The van der Waals surface area contributed by atoms with Crippen LogP contribution in [0.3, 0.4) is 0 Å². The zero-order valence-corrected chi connectivity index (χ0v) is 8.23. The van der Waals surface area contributed by atoms with Gasteiger partial charge in [-0.05, 0) is 23.7 Å². The Kier molecular flexibility index (Phi) is 1.76. The maximum absolute atomic E-state index is 5.53. The molecule has 15 heavy (non-hydrogen) atoms. The van der Waals surface area contributed by atoms with Gasteiger partial charge < -0.3 is 8.94 Å². The molecule has 4 nitrogen and oxygen atoms in total. The minimum atomic E-state index is 0.00505. The molecule has 0 saturated heterocycles. The highest BCUT2D eigenvalue weighted by atomic mass is 35.5. The molecule has 0 fully saturated rings. The van der Waals surface area contributed by atoms with Gasteiger partial charge >= 0.3 is 5.35 Å². The van der Waals surface area contributed by atoms with Gasteiger partial charge in [-0.25, -0.2) is 0 Å². The van der Waals surface area contributed by atoms with Crippen molar-refractivity contribution in [3.63, 3.8) is 0 Å². The van der Waals surface area contributed by atoms with Crippen LogP contribution in [0.15, 0.2) is 39.3 Å². The first-order chi connectivity index (χ1) is 7.33. The number of para-hydroxylation sites is 1. The molecule has 3 aromatic rings. The van der Waals surface area contributed by atoms with Gasteiger partial charge in [0.1, 0.15) is 5.58 Å². The molecule has 2 aromatic heterocycles. The van der Waals surface area contributed by atoms with E-state index in [0.29, 0.717) is 11.6 Å². The van der Waals surface area contributed by atoms with Crippen LogP contribution in [0.4, 0.5) is 0 Å². The monoisotopic (exact) mass is 220 g/mol. The van der Waals surface area contributed by atoms with Gasteiger partial charge in [-0.1, -0.05) is 23.4 Å². The first-order valence-corrected chi connectivity index (χ1v) is 4.69. The predicted octanol–water partition coefficient (Wildman–Crippen LogP) is 3.14. The van der Waals surface area contributed by atoms with Crippen molar-refractivity contribution in [3.05, 3.63) is 35.7 Å². The summed E-state index contributed by atoms with van der Waals surface area (Å²) in [6.07, 6.45) is 0. The summed E-state index contributed by atoms with van der Waals surface area (Å²) >= 11 is 5.53. The van der Waals surface area contributed by atoms with E-state index in [1.165, 1.54) is 0 Å². The molecule has 0 amide bonds. The van der Waals surface area contributed by atoms with Crippen LogP contribution in [-0.4, -0.2) is 10.1 Å². The van der Waals surface area contributed by atoms with Gasteiger partial charge in [0, 0.05) is 5.39 Å². The van der Waals surface area contributed by atoms with Gasteiger partial charge in [-0.3, -0.25) is 0 Å². The fourth-order valence-electron chi connectivity index (χ4n) is 1.40. The quantitative estimate of drug-likeness (QED) is 0.632. The van der Waals surface area contributed by atoms with Crippen molar-refractivity contribution in [1.82, 2.24) is 10.1 Å². The number of hydrogen-bond acceptors (Lipinski definition) is 4. The molecule has 0 aliphatic carbocycles. The average Bonchev–Trinajstić information content (AvgIpc) is 2.82. The molecule has 74 valence electrons. The molecule has 0 radical (unpaired) electrons. The second-order valence-corrected chi connectivity index (χ2v) is 3.34. The lowest BCUT2D eigenvalue weighted by molar-refractivity contribution is 0.419. The lowest BCUT2D eigenvalue weighted by Gasteiger charge is -1.83. The highest BCUT2D eigenvalue weighted by Crippen LogP contribution is 2.26. The van der Waals surface area contributed by atoms with E-state index in [2.05, 4.69) is 14.7 Å². The summed E-state index contributed by atoms with van der Waals surface area (Å²) in [4.78, 5) is 3.87. The first-order valence-electron chi connectivity index (χ1n) is 4.31. The third kappa shape index (κ3) is 1.39. The summed E-state index contributed by atoms with van der Waals surface area (Å²) in [5, 5.41) is 4.67. The van der Waals surface area contributed by atoms with Crippen LogP contribution in [0.1, 0.15) is 0 Å². The molecule has 0 spiro atoms. The topological polar surface area (TPSA) is 52.1 Å². The Bertz CT molecular complexity index is 581. The molecule has 3 rings (SSSR count). The van der Waals surface area contributed by atoms with E-state index in [9.17, 15) is 0 Å². The Hall–Kier alpha value is -1.81. The van der Waals surface area contributed by atoms with E-state index in [1.54, 1.807) is 0 Å². The fourth-order valence-corrected chi connectivity index (χ4v) is 1.51. The zero-order valence-electron chi connectivity index (χ0n) is 7.48. The number of hydrogen-bond donors (Lipinski definition) is 0. The van der Waals surface area contributed by atoms with Crippen LogP contribution in [-0.2, 0) is 0 Å². The SMILES string of the molecule is Clc1nc(-c2cc3ccccc3o2)no1. The Morgan fingerprint density at radius 2 is 2.07 bits per heavy atom. The number of benzene rings is 1. The first kappa shape index (κ1) is 8.49.